The van der Waals surface area contributed by atoms with E-state index >= 15 is 0 Å². The lowest BCUT2D eigenvalue weighted by atomic mass is 10.1. The van der Waals surface area contributed by atoms with Crippen LogP contribution in [0.5, 0.6) is 5.75 Å². The molecule has 5 heteroatoms. The molecular weight excluding hydrogens is 250 g/mol. The van der Waals surface area contributed by atoms with E-state index in [2.05, 4.69) is 0 Å². The van der Waals surface area contributed by atoms with Gasteiger partial charge in [-0.25, -0.2) is 5.48 Å². The topological polar surface area (TPSA) is 58.6 Å². The number of hydrogen-bond donors (Lipinski definition) is 2. The number of benzene rings is 1. The van der Waals surface area contributed by atoms with Crippen LogP contribution in [-0.4, -0.2) is 23.5 Å². The first kappa shape index (κ1) is 14.9. The van der Waals surface area contributed by atoms with Gasteiger partial charge in [-0.05, 0) is 30.7 Å². The van der Waals surface area contributed by atoms with E-state index in [1.54, 1.807) is 24.4 Å². The second kappa shape index (κ2) is 7.28. The number of carbonyl (C=O) groups excluding carboxylic acids is 1. The number of thioether (sulfide) groups is 1. The minimum Gasteiger partial charge on any atom is -0.497 e. The number of methoxy groups -OCH3 is 1. The quantitative estimate of drug-likeness (QED) is 0.473. The summed E-state index contributed by atoms with van der Waals surface area (Å²) in [5.41, 5.74) is 1.71. The average Bonchev–Trinajstić information content (AvgIpc) is 2.43. The Morgan fingerprint density at radius 3 is 2.50 bits per heavy atom. The molecule has 0 aliphatic rings. The van der Waals surface area contributed by atoms with E-state index in [9.17, 15) is 4.79 Å². The first-order valence-electron chi connectivity index (χ1n) is 5.87. The molecule has 0 saturated carbocycles. The highest BCUT2D eigenvalue weighted by molar-refractivity contribution is 8.00. The summed E-state index contributed by atoms with van der Waals surface area (Å²) in [7, 11) is 1.63. The van der Waals surface area contributed by atoms with Gasteiger partial charge < -0.3 is 4.74 Å². The van der Waals surface area contributed by atoms with E-state index in [0.717, 1.165) is 17.1 Å². The molecule has 0 radical (unpaired) electrons. The molecule has 100 valence electrons. The van der Waals surface area contributed by atoms with Gasteiger partial charge in [0.05, 0.1) is 7.11 Å². The summed E-state index contributed by atoms with van der Waals surface area (Å²) < 4.78 is 5.10. The number of ether oxygens (including phenoxy) is 1. The van der Waals surface area contributed by atoms with Crippen LogP contribution in [-0.2, 0) is 4.79 Å². The monoisotopic (exact) mass is 269 g/mol. The lowest BCUT2D eigenvalue weighted by Gasteiger charge is -2.20. The van der Waals surface area contributed by atoms with Gasteiger partial charge in [0.25, 0.3) is 0 Å². The van der Waals surface area contributed by atoms with E-state index in [4.69, 9.17) is 9.94 Å². The van der Waals surface area contributed by atoms with Crippen LogP contribution in [0, 0.1) is 5.92 Å². The Balaban J connectivity index is 2.69. The zero-order valence-electron chi connectivity index (χ0n) is 10.8. The van der Waals surface area contributed by atoms with Crippen molar-refractivity contribution in [3.8, 4) is 5.75 Å². The molecule has 0 aliphatic heterocycles. The molecule has 0 bridgehead atoms. The lowest BCUT2D eigenvalue weighted by molar-refractivity contribution is -0.132. The Kier molecular flexibility index (Phi) is 6.01. The summed E-state index contributed by atoms with van der Waals surface area (Å²) in [5, 5.41) is 8.79. The molecule has 1 aromatic carbocycles. The summed E-state index contributed by atoms with van der Waals surface area (Å²) in [5.74, 6) is 0.225. The number of hydroxylamine groups is 1. The van der Waals surface area contributed by atoms with Crippen LogP contribution in [0.4, 0.5) is 0 Å². The molecule has 18 heavy (non-hydrogen) atoms. The molecule has 2 unspecified atom stereocenters. The zero-order valence-corrected chi connectivity index (χ0v) is 11.7. The molecule has 0 aromatic heterocycles. The molecule has 0 spiro atoms. The number of nitrogens with one attached hydrogen (secondary N) is 1. The molecule has 1 amide bonds. The molecule has 0 heterocycles. The van der Waals surface area contributed by atoms with Gasteiger partial charge in [0.2, 0.25) is 5.91 Å². The van der Waals surface area contributed by atoms with E-state index in [1.807, 2.05) is 38.1 Å². The first-order valence-corrected chi connectivity index (χ1v) is 6.75. The van der Waals surface area contributed by atoms with Crippen molar-refractivity contribution in [3.05, 3.63) is 24.3 Å². The van der Waals surface area contributed by atoms with Crippen LogP contribution in [0.25, 0.3) is 0 Å². The van der Waals surface area contributed by atoms with Crippen LogP contribution >= 0.6 is 11.8 Å². The molecule has 1 aromatic rings. The van der Waals surface area contributed by atoms with Gasteiger partial charge in [-0.15, -0.1) is 11.8 Å². The van der Waals surface area contributed by atoms with Gasteiger partial charge in [0.1, 0.15) is 5.75 Å². The van der Waals surface area contributed by atoms with Crippen LogP contribution in [0.2, 0.25) is 0 Å². The summed E-state index contributed by atoms with van der Waals surface area (Å²) in [6.07, 6.45) is 0.852. The standard InChI is InChI=1S/C13H19NO3S/c1-4-12(9(2)13(15)14-16)18-11-7-5-10(17-3)6-8-11/h5-9,12,16H,4H2,1-3H3,(H,14,15). The molecule has 0 aliphatic carbocycles. The molecular formula is C13H19NO3S. The highest BCUT2D eigenvalue weighted by Gasteiger charge is 2.23. The van der Waals surface area contributed by atoms with Crippen molar-refractivity contribution in [3.63, 3.8) is 0 Å². The number of amides is 1. The van der Waals surface area contributed by atoms with Crippen molar-refractivity contribution in [2.45, 2.75) is 30.4 Å². The maximum atomic E-state index is 11.4. The summed E-state index contributed by atoms with van der Waals surface area (Å²) in [6, 6.07) is 7.73. The van der Waals surface area contributed by atoms with Crippen molar-refractivity contribution < 1.29 is 14.7 Å². The zero-order chi connectivity index (χ0) is 13.5. The van der Waals surface area contributed by atoms with Crippen LogP contribution < -0.4 is 10.2 Å². The third-order valence-corrected chi connectivity index (χ3v) is 4.42. The molecule has 4 nitrogen and oxygen atoms in total. The Bertz CT molecular complexity index is 380. The van der Waals surface area contributed by atoms with Gasteiger partial charge in [-0.3, -0.25) is 10.0 Å². The highest BCUT2D eigenvalue weighted by atomic mass is 32.2. The minimum absolute atomic E-state index is 0.130. The van der Waals surface area contributed by atoms with Crippen LogP contribution in [0.1, 0.15) is 20.3 Å². The number of rotatable bonds is 6. The Morgan fingerprint density at radius 1 is 1.44 bits per heavy atom. The predicted octanol–water partition coefficient (Wildman–Crippen LogP) is 2.71. The second-order valence-corrected chi connectivity index (χ2v) is 5.32. The van der Waals surface area contributed by atoms with Crippen molar-refractivity contribution in [2.24, 2.45) is 5.92 Å². The Morgan fingerprint density at radius 2 is 2.06 bits per heavy atom. The first-order chi connectivity index (χ1) is 8.62. The maximum absolute atomic E-state index is 11.4. The maximum Gasteiger partial charge on any atom is 0.247 e. The van der Waals surface area contributed by atoms with E-state index in [0.29, 0.717) is 0 Å². The summed E-state index contributed by atoms with van der Waals surface area (Å²) >= 11 is 1.63. The van der Waals surface area contributed by atoms with Gasteiger partial charge >= 0.3 is 0 Å². The SMILES string of the molecule is CCC(Sc1ccc(OC)cc1)C(C)C(=O)NO. The smallest absolute Gasteiger partial charge is 0.247 e. The number of carbonyl (C=O) groups is 1. The summed E-state index contributed by atoms with van der Waals surface area (Å²) in [4.78, 5) is 12.5. The highest BCUT2D eigenvalue weighted by Crippen LogP contribution is 2.31. The Labute approximate surface area is 112 Å². The van der Waals surface area contributed by atoms with E-state index < -0.39 is 0 Å². The molecule has 0 saturated heterocycles. The fourth-order valence-corrected chi connectivity index (χ4v) is 2.78. The van der Waals surface area contributed by atoms with Gasteiger partial charge in [0, 0.05) is 16.1 Å². The normalized spacial score (nSPS) is 13.8. The molecule has 2 atom stereocenters. The van der Waals surface area contributed by atoms with Crippen LogP contribution in [0.3, 0.4) is 0 Å². The molecule has 1 rings (SSSR count). The predicted molar refractivity (Wildman–Crippen MR) is 72.0 cm³/mol. The second-order valence-electron chi connectivity index (χ2n) is 4.00. The van der Waals surface area contributed by atoms with Crippen molar-refractivity contribution >= 4 is 17.7 Å². The van der Waals surface area contributed by atoms with Crippen molar-refractivity contribution in [1.29, 1.82) is 0 Å². The van der Waals surface area contributed by atoms with Crippen molar-refractivity contribution in [2.75, 3.05) is 7.11 Å². The largest absolute Gasteiger partial charge is 0.497 e. The fourth-order valence-electron chi connectivity index (χ4n) is 1.64. The Hall–Kier alpha value is -1.20. The fraction of sp³-hybridized carbons (Fsp3) is 0.462. The van der Waals surface area contributed by atoms with Gasteiger partial charge in [-0.2, -0.15) is 0 Å². The van der Waals surface area contributed by atoms with E-state index in [-0.39, 0.29) is 17.1 Å². The lowest BCUT2D eigenvalue weighted by Crippen LogP contribution is -2.32. The third kappa shape index (κ3) is 3.92. The van der Waals surface area contributed by atoms with Crippen LogP contribution in [0.15, 0.2) is 29.2 Å². The third-order valence-electron chi connectivity index (χ3n) is 2.83. The molecule has 0 fully saturated rings. The summed E-state index contributed by atoms with van der Waals surface area (Å²) in [6.45, 7) is 3.85. The van der Waals surface area contributed by atoms with Crippen molar-refractivity contribution in [1.82, 2.24) is 5.48 Å². The van der Waals surface area contributed by atoms with Gasteiger partial charge in [-0.1, -0.05) is 13.8 Å². The molecule has 2 N–H and O–H groups in total. The number of hydrogen-bond acceptors (Lipinski definition) is 4. The van der Waals surface area contributed by atoms with Gasteiger partial charge in [0.15, 0.2) is 0 Å². The average molecular weight is 269 g/mol. The van der Waals surface area contributed by atoms with E-state index in [1.165, 1.54) is 0 Å². The minimum atomic E-state index is -0.345.